The first kappa shape index (κ1) is 19.7. The second-order valence-corrected chi connectivity index (χ2v) is 6.36. The van der Waals surface area contributed by atoms with Crippen LogP contribution in [0.2, 0.25) is 0 Å². The van der Waals surface area contributed by atoms with Gasteiger partial charge in [0.25, 0.3) is 5.91 Å². The Hall–Kier alpha value is -2.64. The van der Waals surface area contributed by atoms with Gasteiger partial charge >= 0.3 is 11.8 Å². The Morgan fingerprint density at radius 1 is 1.35 bits per heavy atom. The first-order valence-electron chi connectivity index (χ1n) is 8.08. The fourth-order valence-corrected chi connectivity index (χ4v) is 2.63. The molecule has 1 aromatic carbocycles. The van der Waals surface area contributed by atoms with Crippen LogP contribution in [0.15, 0.2) is 48.0 Å². The topological polar surface area (TPSA) is 61.8 Å². The first-order chi connectivity index (χ1) is 12.1. The van der Waals surface area contributed by atoms with E-state index in [0.29, 0.717) is 5.56 Å². The molecule has 0 radical (unpaired) electrons. The van der Waals surface area contributed by atoms with Gasteiger partial charge in [0.2, 0.25) is 5.91 Å². The van der Waals surface area contributed by atoms with Crippen molar-refractivity contribution in [1.29, 1.82) is 0 Å². The smallest absolute Gasteiger partial charge is 0.316 e. The number of rotatable bonds is 6. The van der Waals surface area contributed by atoms with Crippen LogP contribution < -0.4 is 5.32 Å². The first-order valence-corrected chi connectivity index (χ1v) is 8.08. The molecule has 0 aromatic heterocycles. The number of nitrogens with one attached hydrogen (secondary N) is 1. The van der Waals surface area contributed by atoms with Crippen molar-refractivity contribution in [3.05, 3.63) is 48.6 Å². The maximum Gasteiger partial charge on any atom is 0.442 e. The van der Waals surface area contributed by atoms with Crippen LogP contribution in [0.5, 0.6) is 0 Å². The Morgan fingerprint density at radius 2 is 1.96 bits per heavy atom. The van der Waals surface area contributed by atoms with Crippen LogP contribution >= 0.6 is 0 Å². The number of aliphatic imine (C=N–C) groups is 1. The molecule has 26 heavy (non-hydrogen) atoms. The number of carbonyl (C=O) groups is 2. The Bertz CT molecular complexity index is 729. The number of amidine groups is 1. The molecule has 140 valence electrons. The number of amides is 2. The lowest BCUT2D eigenvalue weighted by molar-refractivity contribution is -0.200. The van der Waals surface area contributed by atoms with Gasteiger partial charge in [0.15, 0.2) is 0 Å². The van der Waals surface area contributed by atoms with Gasteiger partial charge in [-0.3, -0.25) is 14.5 Å². The Balaban J connectivity index is 2.56. The van der Waals surface area contributed by atoms with Gasteiger partial charge in [0.05, 0.1) is 0 Å². The highest BCUT2D eigenvalue weighted by Crippen LogP contribution is 2.38. The molecule has 0 spiro atoms. The van der Waals surface area contributed by atoms with Crippen molar-refractivity contribution in [2.75, 3.05) is 6.54 Å². The van der Waals surface area contributed by atoms with E-state index in [1.54, 1.807) is 44.2 Å². The molecule has 0 fully saturated rings. The quantitative estimate of drug-likeness (QED) is 0.786. The van der Waals surface area contributed by atoms with E-state index in [1.165, 1.54) is 6.08 Å². The summed E-state index contributed by atoms with van der Waals surface area (Å²) in [5.74, 6) is -2.56. The van der Waals surface area contributed by atoms with Gasteiger partial charge in [0, 0.05) is 18.5 Å². The van der Waals surface area contributed by atoms with Gasteiger partial charge in [-0.15, -0.1) is 6.58 Å². The van der Waals surface area contributed by atoms with Crippen LogP contribution in [-0.4, -0.2) is 40.9 Å². The van der Waals surface area contributed by atoms with E-state index in [2.05, 4.69) is 11.6 Å². The molecule has 1 aliphatic heterocycles. The lowest BCUT2D eigenvalue weighted by Gasteiger charge is -2.29. The summed E-state index contributed by atoms with van der Waals surface area (Å²) in [4.78, 5) is 29.3. The number of nitrogens with zero attached hydrogens (tertiary/aromatic N) is 2. The molecule has 8 heteroatoms. The Kier molecular flexibility index (Phi) is 5.53. The van der Waals surface area contributed by atoms with Crippen LogP contribution in [0, 0.1) is 5.92 Å². The highest BCUT2D eigenvalue weighted by Gasteiger charge is 2.67. The zero-order valence-corrected chi connectivity index (χ0v) is 14.5. The van der Waals surface area contributed by atoms with Crippen molar-refractivity contribution < 1.29 is 22.8 Å². The maximum atomic E-state index is 13.9. The van der Waals surface area contributed by atoms with Crippen molar-refractivity contribution >= 4 is 17.6 Å². The summed E-state index contributed by atoms with van der Waals surface area (Å²) < 4.78 is 41.6. The minimum Gasteiger partial charge on any atom is -0.316 e. The molecule has 0 saturated carbocycles. The number of alkyl halides is 3. The van der Waals surface area contributed by atoms with Gasteiger partial charge < -0.3 is 5.32 Å². The molecular weight excluding hydrogens is 347 g/mol. The molecule has 0 saturated heterocycles. The van der Waals surface area contributed by atoms with Gasteiger partial charge in [-0.05, 0) is 5.92 Å². The van der Waals surface area contributed by atoms with Crippen molar-refractivity contribution in [3.63, 3.8) is 0 Å². The zero-order valence-electron chi connectivity index (χ0n) is 14.5. The van der Waals surface area contributed by atoms with Gasteiger partial charge in [-0.2, -0.15) is 13.2 Å². The van der Waals surface area contributed by atoms with Crippen molar-refractivity contribution in [2.24, 2.45) is 10.9 Å². The summed E-state index contributed by atoms with van der Waals surface area (Å²) in [5.41, 5.74) is -2.99. The van der Waals surface area contributed by atoms with E-state index >= 15 is 0 Å². The van der Waals surface area contributed by atoms with Crippen molar-refractivity contribution in [1.82, 2.24) is 10.2 Å². The Labute approximate surface area is 149 Å². The van der Waals surface area contributed by atoms with Crippen LogP contribution in [0.1, 0.15) is 25.8 Å². The summed E-state index contributed by atoms with van der Waals surface area (Å²) in [6, 6.07) is 8.04. The third-order valence-corrected chi connectivity index (χ3v) is 3.75. The van der Waals surface area contributed by atoms with Crippen LogP contribution in [0.3, 0.4) is 0 Å². The number of halogens is 3. The van der Waals surface area contributed by atoms with Gasteiger partial charge in [-0.1, -0.05) is 50.3 Å². The minimum absolute atomic E-state index is 0.150. The van der Waals surface area contributed by atoms with Crippen LogP contribution in [-0.2, 0) is 9.59 Å². The fraction of sp³-hybridized carbons (Fsp3) is 0.389. The third kappa shape index (κ3) is 3.63. The normalized spacial score (nSPS) is 20.3. The summed E-state index contributed by atoms with van der Waals surface area (Å²) in [5, 5.41) is 1.82. The van der Waals surface area contributed by atoms with E-state index in [9.17, 15) is 22.8 Å². The molecule has 2 rings (SSSR count). The molecule has 1 atom stereocenters. The zero-order chi connectivity index (χ0) is 19.5. The van der Waals surface area contributed by atoms with E-state index in [0.717, 1.165) is 4.90 Å². The lowest BCUT2D eigenvalue weighted by Crippen LogP contribution is -2.63. The van der Waals surface area contributed by atoms with Crippen LogP contribution in [0.25, 0.3) is 0 Å². The van der Waals surface area contributed by atoms with E-state index in [-0.39, 0.29) is 24.7 Å². The van der Waals surface area contributed by atoms with Crippen LogP contribution in [0.4, 0.5) is 13.2 Å². The predicted octanol–water partition coefficient (Wildman–Crippen LogP) is 2.88. The van der Waals surface area contributed by atoms with Gasteiger partial charge in [0.1, 0.15) is 5.84 Å². The highest BCUT2D eigenvalue weighted by atomic mass is 19.4. The second kappa shape index (κ2) is 7.31. The molecule has 1 aliphatic rings. The molecular formula is C18H20F3N3O2. The molecule has 1 aromatic rings. The van der Waals surface area contributed by atoms with E-state index in [4.69, 9.17) is 0 Å². The molecule has 1 unspecified atom stereocenters. The summed E-state index contributed by atoms with van der Waals surface area (Å²) in [6.07, 6.45) is -3.94. The molecule has 0 bridgehead atoms. The Morgan fingerprint density at radius 3 is 2.46 bits per heavy atom. The number of benzene rings is 1. The average Bonchev–Trinajstić information content (AvgIpc) is 2.82. The number of hydrogen-bond acceptors (Lipinski definition) is 3. The number of hydrogen-bond donors (Lipinski definition) is 1. The lowest BCUT2D eigenvalue weighted by atomic mass is 10.1. The predicted molar refractivity (Wildman–Crippen MR) is 91.3 cm³/mol. The average molecular weight is 367 g/mol. The maximum absolute atomic E-state index is 13.9. The largest absolute Gasteiger partial charge is 0.442 e. The second-order valence-electron chi connectivity index (χ2n) is 6.36. The van der Waals surface area contributed by atoms with E-state index in [1.807, 2.05) is 5.32 Å². The summed E-state index contributed by atoms with van der Waals surface area (Å²) in [6.45, 7) is 6.70. The number of carbonyl (C=O) groups excluding carboxylic acids is 2. The summed E-state index contributed by atoms with van der Waals surface area (Å²) in [7, 11) is 0. The van der Waals surface area contributed by atoms with Gasteiger partial charge in [-0.25, -0.2) is 4.99 Å². The molecule has 2 amide bonds. The highest BCUT2D eigenvalue weighted by molar-refractivity contribution is 6.16. The van der Waals surface area contributed by atoms with Crippen molar-refractivity contribution in [3.8, 4) is 0 Å². The third-order valence-electron chi connectivity index (χ3n) is 3.75. The SMILES string of the molecule is C=CCN1C(=O)C(NC(=O)CC(C)C)(C(F)(F)F)N=C1c1ccccc1. The molecule has 0 aliphatic carbocycles. The van der Waals surface area contributed by atoms with Crippen molar-refractivity contribution in [2.45, 2.75) is 32.1 Å². The fourth-order valence-electron chi connectivity index (χ4n) is 2.63. The summed E-state index contributed by atoms with van der Waals surface area (Å²) >= 11 is 0. The molecule has 1 N–H and O–H groups in total. The molecule has 1 heterocycles. The van der Waals surface area contributed by atoms with E-state index < -0.39 is 23.7 Å². The standard InChI is InChI=1S/C18H20F3N3O2/c1-4-10-24-15(13-8-6-5-7-9-13)23-17(16(24)26,18(19,20)21)22-14(25)11-12(2)3/h4-9,12H,1,10-11H2,2-3H3,(H,22,25). The molecule has 5 nitrogen and oxygen atoms in total. The minimum atomic E-state index is -5.09. The monoisotopic (exact) mass is 367 g/mol.